The molecular weight excluding hydrogens is 292 g/mol. The number of hydrogen-bond acceptors (Lipinski definition) is 5. The number of sulfone groups is 1. The second-order valence-corrected chi connectivity index (χ2v) is 7.72. The summed E-state index contributed by atoms with van der Waals surface area (Å²) in [6, 6.07) is 5.73. The molecule has 21 heavy (non-hydrogen) atoms. The Morgan fingerprint density at radius 3 is 2.43 bits per heavy atom. The van der Waals surface area contributed by atoms with E-state index in [0.717, 1.165) is 5.56 Å². The highest BCUT2D eigenvalue weighted by Crippen LogP contribution is 2.13. The summed E-state index contributed by atoms with van der Waals surface area (Å²) in [6.45, 7) is 0. The summed E-state index contributed by atoms with van der Waals surface area (Å²) in [5.41, 5.74) is 6.73. The molecule has 4 N–H and O–H groups in total. The summed E-state index contributed by atoms with van der Waals surface area (Å²) in [4.78, 5) is 12.0. The van der Waals surface area contributed by atoms with E-state index in [1.54, 1.807) is 24.3 Å². The minimum absolute atomic E-state index is 0.116. The fourth-order valence-corrected chi connectivity index (χ4v) is 3.81. The smallest absolute Gasteiger partial charge is 0.237 e. The number of carbonyl (C=O) groups is 1. The van der Waals surface area contributed by atoms with E-state index in [4.69, 9.17) is 5.73 Å². The number of benzene rings is 1. The van der Waals surface area contributed by atoms with Gasteiger partial charge >= 0.3 is 0 Å². The number of nitrogens with two attached hydrogens (primary N) is 1. The molecule has 0 spiro atoms. The topological polar surface area (TPSA) is 109 Å². The van der Waals surface area contributed by atoms with E-state index in [-0.39, 0.29) is 29.2 Å². The van der Waals surface area contributed by atoms with Gasteiger partial charge in [-0.05, 0) is 37.0 Å². The van der Waals surface area contributed by atoms with Gasteiger partial charge in [0.15, 0.2) is 0 Å². The molecule has 7 heteroatoms. The highest BCUT2D eigenvalue weighted by molar-refractivity contribution is 7.91. The normalized spacial score (nSPS) is 19.9. The Morgan fingerprint density at radius 2 is 1.86 bits per heavy atom. The molecule has 1 aromatic carbocycles. The molecule has 1 saturated heterocycles. The van der Waals surface area contributed by atoms with E-state index in [1.807, 2.05) is 0 Å². The van der Waals surface area contributed by atoms with E-state index < -0.39 is 15.9 Å². The minimum atomic E-state index is -2.93. The first-order valence-electron chi connectivity index (χ1n) is 6.90. The highest BCUT2D eigenvalue weighted by Gasteiger charge is 2.26. The van der Waals surface area contributed by atoms with Crippen molar-refractivity contribution in [1.29, 1.82) is 0 Å². The van der Waals surface area contributed by atoms with Crippen molar-refractivity contribution < 1.29 is 18.3 Å². The standard InChI is InChI=1S/C14H20N2O4S/c15-13(9-10-1-3-12(17)4-2-10)14(18)16-11-5-7-21(19,20)8-6-11/h1-4,11,13,17H,5-9,15H2,(H,16,18)/t13-/m0/s1. The molecule has 116 valence electrons. The van der Waals surface area contributed by atoms with Crippen molar-refractivity contribution in [2.75, 3.05) is 11.5 Å². The van der Waals surface area contributed by atoms with Crippen LogP contribution in [0.15, 0.2) is 24.3 Å². The fraction of sp³-hybridized carbons (Fsp3) is 0.500. The summed E-state index contributed by atoms with van der Waals surface area (Å²) >= 11 is 0. The second-order valence-electron chi connectivity index (χ2n) is 5.41. The van der Waals surface area contributed by atoms with Gasteiger partial charge in [-0.3, -0.25) is 4.79 Å². The molecule has 1 fully saturated rings. The van der Waals surface area contributed by atoms with Crippen LogP contribution in [0.25, 0.3) is 0 Å². The largest absolute Gasteiger partial charge is 0.508 e. The lowest BCUT2D eigenvalue weighted by Gasteiger charge is -2.24. The van der Waals surface area contributed by atoms with Crippen LogP contribution in [-0.4, -0.2) is 43.0 Å². The quantitative estimate of drug-likeness (QED) is 0.722. The van der Waals surface area contributed by atoms with Gasteiger partial charge in [0.25, 0.3) is 0 Å². The Kier molecular flexibility index (Phi) is 4.84. The van der Waals surface area contributed by atoms with Gasteiger partial charge in [-0.25, -0.2) is 8.42 Å². The third-order valence-corrected chi connectivity index (χ3v) is 5.35. The van der Waals surface area contributed by atoms with E-state index in [0.29, 0.717) is 19.3 Å². The molecule has 0 radical (unpaired) electrons. The van der Waals surface area contributed by atoms with Crippen LogP contribution in [0.2, 0.25) is 0 Å². The summed E-state index contributed by atoms with van der Waals surface area (Å²) in [6.07, 6.45) is 1.26. The van der Waals surface area contributed by atoms with Gasteiger partial charge < -0.3 is 16.2 Å². The van der Waals surface area contributed by atoms with Crippen LogP contribution in [0, 0.1) is 0 Å². The predicted octanol–water partition coefficient (Wildman–Crippen LogP) is -0.0446. The number of nitrogens with one attached hydrogen (secondary N) is 1. The molecule has 0 saturated carbocycles. The number of amides is 1. The maximum absolute atomic E-state index is 12.0. The Hall–Kier alpha value is -1.60. The van der Waals surface area contributed by atoms with E-state index in [2.05, 4.69) is 5.32 Å². The van der Waals surface area contributed by atoms with Gasteiger partial charge in [0.05, 0.1) is 17.5 Å². The van der Waals surface area contributed by atoms with Crippen LogP contribution in [-0.2, 0) is 21.1 Å². The Labute approximate surface area is 124 Å². The highest BCUT2D eigenvalue weighted by atomic mass is 32.2. The van der Waals surface area contributed by atoms with Crippen molar-refractivity contribution in [3.63, 3.8) is 0 Å². The molecule has 0 aromatic heterocycles. The zero-order chi connectivity index (χ0) is 15.5. The molecule has 1 aliphatic heterocycles. The van der Waals surface area contributed by atoms with Crippen LogP contribution in [0.4, 0.5) is 0 Å². The maximum Gasteiger partial charge on any atom is 0.237 e. The third-order valence-electron chi connectivity index (χ3n) is 3.63. The Bertz CT molecular complexity index is 584. The van der Waals surface area contributed by atoms with Crippen LogP contribution < -0.4 is 11.1 Å². The molecule has 6 nitrogen and oxygen atoms in total. The Balaban J connectivity index is 1.84. The molecule has 1 aliphatic rings. The summed E-state index contributed by atoms with van der Waals surface area (Å²) in [7, 11) is -2.93. The van der Waals surface area contributed by atoms with Gasteiger partial charge in [-0.15, -0.1) is 0 Å². The van der Waals surface area contributed by atoms with Crippen molar-refractivity contribution in [3.05, 3.63) is 29.8 Å². The molecular formula is C14H20N2O4S. The van der Waals surface area contributed by atoms with Crippen molar-refractivity contribution in [1.82, 2.24) is 5.32 Å². The zero-order valence-electron chi connectivity index (χ0n) is 11.7. The average molecular weight is 312 g/mol. The van der Waals surface area contributed by atoms with Crippen molar-refractivity contribution in [3.8, 4) is 5.75 Å². The van der Waals surface area contributed by atoms with Crippen LogP contribution >= 0.6 is 0 Å². The zero-order valence-corrected chi connectivity index (χ0v) is 12.5. The summed E-state index contributed by atoms with van der Waals surface area (Å²) in [5.74, 6) is 0.128. The van der Waals surface area contributed by atoms with Gasteiger partial charge in [0, 0.05) is 6.04 Å². The minimum Gasteiger partial charge on any atom is -0.508 e. The molecule has 0 unspecified atom stereocenters. The van der Waals surface area contributed by atoms with Gasteiger partial charge in [0.1, 0.15) is 15.6 Å². The predicted molar refractivity (Wildman–Crippen MR) is 79.6 cm³/mol. The first kappa shape index (κ1) is 15.8. The molecule has 1 aromatic rings. The lowest BCUT2D eigenvalue weighted by molar-refractivity contribution is -0.123. The Morgan fingerprint density at radius 1 is 1.29 bits per heavy atom. The maximum atomic E-state index is 12.0. The number of carbonyl (C=O) groups excluding carboxylic acids is 1. The van der Waals surface area contributed by atoms with Gasteiger partial charge in [0.2, 0.25) is 5.91 Å². The summed E-state index contributed by atoms with van der Waals surface area (Å²) in [5, 5.41) is 12.0. The molecule has 0 aliphatic carbocycles. The number of phenols is 1. The first-order chi connectivity index (χ1) is 9.85. The lowest BCUT2D eigenvalue weighted by Crippen LogP contribution is -2.48. The van der Waals surface area contributed by atoms with Crippen molar-refractivity contribution >= 4 is 15.7 Å². The SMILES string of the molecule is N[C@@H](Cc1ccc(O)cc1)C(=O)NC1CCS(=O)(=O)CC1. The van der Waals surface area contributed by atoms with E-state index >= 15 is 0 Å². The lowest BCUT2D eigenvalue weighted by atomic mass is 10.0. The van der Waals surface area contributed by atoms with Crippen molar-refractivity contribution in [2.24, 2.45) is 5.73 Å². The van der Waals surface area contributed by atoms with Crippen LogP contribution in [0.5, 0.6) is 5.75 Å². The molecule has 1 heterocycles. The number of phenolic OH excluding ortho intramolecular Hbond substituents is 1. The van der Waals surface area contributed by atoms with Gasteiger partial charge in [-0.1, -0.05) is 12.1 Å². The van der Waals surface area contributed by atoms with Crippen LogP contribution in [0.3, 0.4) is 0 Å². The first-order valence-corrected chi connectivity index (χ1v) is 8.72. The molecule has 2 rings (SSSR count). The van der Waals surface area contributed by atoms with Crippen LogP contribution in [0.1, 0.15) is 18.4 Å². The number of rotatable bonds is 4. The monoisotopic (exact) mass is 312 g/mol. The molecule has 1 amide bonds. The summed E-state index contributed by atoms with van der Waals surface area (Å²) < 4.78 is 22.7. The number of hydrogen-bond donors (Lipinski definition) is 3. The van der Waals surface area contributed by atoms with Gasteiger partial charge in [-0.2, -0.15) is 0 Å². The van der Waals surface area contributed by atoms with E-state index in [1.165, 1.54) is 0 Å². The van der Waals surface area contributed by atoms with Crippen molar-refractivity contribution in [2.45, 2.75) is 31.3 Å². The third kappa shape index (κ3) is 4.71. The molecule has 0 bridgehead atoms. The average Bonchev–Trinajstić information content (AvgIpc) is 2.43. The second kappa shape index (κ2) is 6.44. The molecule has 1 atom stereocenters. The van der Waals surface area contributed by atoms with E-state index in [9.17, 15) is 18.3 Å². The fourth-order valence-electron chi connectivity index (χ4n) is 2.32. The number of aromatic hydroxyl groups is 1.